The minimum Gasteiger partial charge on any atom is -0.462 e. The standard InChI is InChI=1S/C22H28N4O5S/c1-5-31-22(28)20-13(2)24-19(15(20)7-6-10-26(3)4)12-17-16-11-14(32(23,29)30)8-9-18(16)25-21(17)27/h8-9,11-12,24H,5-7,10H2,1-4H3,(H,25,27)(H2,23,29,30). The van der Waals surface area contributed by atoms with Crippen LogP contribution in [0.2, 0.25) is 0 Å². The van der Waals surface area contributed by atoms with Gasteiger partial charge in [0.1, 0.15) is 0 Å². The number of primary sulfonamides is 1. The SMILES string of the molecule is CCOC(=O)c1c(C)[nH]c(C=C2C(=O)Nc3ccc(S(N)(=O)=O)cc32)c1CCCN(C)C. The molecule has 0 aliphatic carbocycles. The lowest BCUT2D eigenvalue weighted by atomic mass is 10.00. The van der Waals surface area contributed by atoms with Crippen LogP contribution in [-0.4, -0.2) is 57.4 Å². The molecule has 1 aliphatic heterocycles. The highest BCUT2D eigenvalue weighted by Crippen LogP contribution is 2.35. The number of nitrogens with zero attached hydrogens (tertiary/aromatic N) is 1. The predicted molar refractivity (Wildman–Crippen MR) is 123 cm³/mol. The van der Waals surface area contributed by atoms with Crippen molar-refractivity contribution in [3.8, 4) is 0 Å². The van der Waals surface area contributed by atoms with E-state index in [4.69, 9.17) is 9.88 Å². The summed E-state index contributed by atoms with van der Waals surface area (Å²) in [5.74, 6) is -0.783. The number of benzene rings is 1. The number of carbonyl (C=O) groups excluding carboxylic acids is 2. The van der Waals surface area contributed by atoms with E-state index in [1.807, 2.05) is 14.1 Å². The smallest absolute Gasteiger partial charge is 0.340 e. The fourth-order valence-corrected chi connectivity index (χ4v) is 4.31. The van der Waals surface area contributed by atoms with Crippen LogP contribution in [0, 0.1) is 6.92 Å². The first-order valence-electron chi connectivity index (χ1n) is 10.3. The van der Waals surface area contributed by atoms with Gasteiger partial charge in [-0.2, -0.15) is 0 Å². The molecule has 3 rings (SSSR count). The average molecular weight is 461 g/mol. The first kappa shape index (κ1) is 23.7. The highest BCUT2D eigenvalue weighted by Gasteiger charge is 2.28. The maximum absolute atomic E-state index is 12.7. The van der Waals surface area contributed by atoms with Gasteiger partial charge in [-0.05, 0) is 77.2 Å². The van der Waals surface area contributed by atoms with E-state index in [1.54, 1.807) is 19.9 Å². The number of amides is 1. The van der Waals surface area contributed by atoms with Crippen LogP contribution in [0.1, 0.15) is 46.2 Å². The number of aryl methyl sites for hydroxylation is 1. The summed E-state index contributed by atoms with van der Waals surface area (Å²) in [6, 6.07) is 4.24. The van der Waals surface area contributed by atoms with E-state index in [0.717, 1.165) is 18.5 Å². The highest BCUT2D eigenvalue weighted by atomic mass is 32.2. The van der Waals surface area contributed by atoms with Gasteiger partial charge in [-0.1, -0.05) is 0 Å². The predicted octanol–water partition coefficient (Wildman–Crippen LogP) is 2.13. The molecular formula is C22H28N4O5S. The molecule has 1 aromatic heterocycles. The Morgan fingerprint density at radius 3 is 2.62 bits per heavy atom. The van der Waals surface area contributed by atoms with Crippen LogP contribution in [0.25, 0.3) is 11.6 Å². The van der Waals surface area contributed by atoms with Crippen molar-refractivity contribution >= 4 is 39.2 Å². The fourth-order valence-electron chi connectivity index (χ4n) is 3.77. The minimum absolute atomic E-state index is 0.0836. The van der Waals surface area contributed by atoms with E-state index in [0.29, 0.717) is 34.6 Å². The first-order valence-corrected chi connectivity index (χ1v) is 11.8. The molecule has 0 bridgehead atoms. The number of H-pyrrole nitrogens is 1. The molecule has 0 saturated carbocycles. The summed E-state index contributed by atoms with van der Waals surface area (Å²) in [4.78, 5) is 30.5. The molecule has 2 aromatic rings. The van der Waals surface area contributed by atoms with Crippen molar-refractivity contribution in [1.29, 1.82) is 0 Å². The summed E-state index contributed by atoms with van der Waals surface area (Å²) in [6.45, 7) is 4.61. The second-order valence-electron chi connectivity index (χ2n) is 7.91. The molecule has 0 spiro atoms. The molecule has 0 fully saturated rings. The van der Waals surface area contributed by atoms with Gasteiger partial charge in [0.2, 0.25) is 10.0 Å². The van der Waals surface area contributed by atoms with Crippen LogP contribution >= 0.6 is 0 Å². The molecule has 0 radical (unpaired) electrons. The van der Waals surface area contributed by atoms with Crippen molar-refractivity contribution in [2.45, 2.75) is 31.6 Å². The number of aromatic amines is 1. The van der Waals surface area contributed by atoms with Crippen molar-refractivity contribution < 1.29 is 22.7 Å². The number of hydrogen-bond donors (Lipinski definition) is 3. The fraction of sp³-hybridized carbons (Fsp3) is 0.364. The van der Waals surface area contributed by atoms with Crippen LogP contribution in [-0.2, 0) is 26.0 Å². The molecule has 0 saturated heterocycles. The Morgan fingerprint density at radius 1 is 1.28 bits per heavy atom. The molecule has 172 valence electrons. The molecule has 0 unspecified atom stereocenters. The number of nitrogens with two attached hydrogens (primary N) is 1. The molecule has 1 aromatic carbocycles. The zero-order chi connectivity index (χ0) is 23.6. The van der Waals surface area contributed by atoms with Crippen molar-refractivity contribution in [1.82, 2.24) is 9.88 Å². The quantitative estimate of drug-likeness (QED) is 0.408. The maximum atomic E-state index is 12.7. The number of aromatic nitrogens is 1. The zero-order valence-electron chi connectivity index (χ0n) is 18.6. The average Bonchev–Trinajstić information content (AvgIpc) is 3.17. The van der Waals surface area contributed by atoms with Crippen LogP contribution in [0.4, 0.5) is 5.69 Å². The second kappa shape index (κ2) is 9.27. The largest absolute Gasteiger partial charge is 0.462 e. The van der Waals surface area contributed by atoms with Gasteiger partial charge in [-0.25, -0.2) is 18.4 Å². The summed E-state index contributed by atoms with van der Waals surface area (Å²) >= 11 is 0. The van der Waals surface area contributed by atoms with Gasteiger partial charge in [0, 0.05) is 22.6 Å². The summed E-state index contributed by atoms with van der Waals surface area (Å²) in [5.41, 5.74) is 3.71. The Bertz CT molecular complexity index is 1200. The number of ether oxygens (including phenoxy) is 1. The molecular weight excluding hydrogens is 432 g/mol. The first-order chi connectivity index (χ1) is 15.0. The number of esters is 1. The molecule has 1 aliphatic rings. The van der Waals surface area contributed by atoms with E-state index in [9.17, 15) is 18.0 Å². The number of hydrogen-bond acceptors (Lipinski definition) is 6. The normalized spacial score (nSPS) is 14.7. The third-order valence-electron chi connectivity index (χ3n) is 5.23. The molecule has 1 amide bonds. The molecule has 2 heterocycles. The highest BCUT2D eigenvalue weighted by molar-refractivity contribution is 7.89. The number of sulfonamides is 1. The summed E-state index contributed by atoms with van der Waals surface area (Å²) in [6.07, 6.45) is 3.04. The number of fused-ring (bicyclic) bond motifs is 1. The number of anilines is 1. The summed E-state index contributed by atoms with van der Waals surface area (Å²) in [5, 5.41) is 7.99. The Morgan fingerprint density at radius 2 is 2.00 bits per heavy atom. The lowest BCUT2D eigenvalue weighted by Gasteiger charge is -2.10. The summed E-state index contributed by atoms with van der Waals surface area (Å²) in [7, 11) is 0.0186. The Kier molecular flexibility index (Phi) is 6.87. The van der Waals surface area contributed by atoms with E-state index in [-0.39, 0.29) is 23.0 Å². The second-order valence-corrected chi connectivity index (χ2v) is 9.47. The monoisotopic (exact) mass is 460 g/mol. The number of rotatable bonds is 8. The zero-order valence-corrected chi connectivity index (χ0v) is 19.4. The minimum atomic E-state index is -3.93. The number of carbonyl (C=O) groups is 2. The van der Waals surface area contributed by atoms with Crippen molar-refractivity contribution in [2.75, 3.05) is 32.6 Å². The maximum Gasteiger partial charge on any atom is 0.340 e. The Hall–Kier alpha value is -2.95. The van der Waals surface area contributed by atoms with Gasteiger partial charge in [-0.15, -0.1) is 0 Å². The lowest BCUT2D eigenvalue weighted by molar-refractivity contribution is -0.110. The van der Waals surface area contributed by atoms with Gasteiger partial charge < -0.3 is 19.9 Å². The van der Waals surface area contributed by atoms with Crippen LogP contribution in [0.15, 0.2) is 23.1 Å². The van der Waals surface area contributed by atoms with E-state index in [1.165, 1.54) is 18.2 Å². The topological polar surface area (TPSA) is 135 Å². The molecule has 32 heavy (non-hydrogen) atoms. The summed E-state index contributed by atoms with van der Waals surface area (Å²) < 4.78 is 28.8. The van der Waals surface area contributed by atoms with Crippen LogP contribution in [0.5, 0.6) is 0 Å². The van der Waals surface area contributed by atoms with Crippen molar-refractivity contribution in [2.24, 2.45) is 5.14 Å². The van der Waals surface area contributed by atoms with Crippen LogP contribution < -0.4 is 10.5 Å². The molecule has 4 N–H and O–H groups in total. The van der Waals surface area contributed by atoms with Crippen molar-refractivity contribution in [3.05, 3.63) is 46.3 Å². The Balaban J connectivity index is 2.11. The Labute approximate surface area is 187 Å². The van der Waals surface area contributed by atoms with E-state index >= 15 is 0 Å². The third kappa shape index (κ3) is 4.93. The lowest BCUT2D eigenvalue weighted by Crippen LogP contribution is -2.14. The van der Waals surface area contributed by atoms with E-state index in [2.05, 4.69) is 15.2 Å². The van der Waals surface area contributed by atoms with E-state index < -0.39 is 16.0 Å². The number of nitrogens with one attached hydrogen (secondary N) is 2. The third-order valence-corrected chi connectivity index (χ3v) is 6.14. The van der Waals surface area contributed by atoms with Crippen LogP contribution in [0.3, 0.4) is 0 Å². The van der Waals surface area contributed by atoms with Gasteiger partial charge in [0.25, 0.3) is 5.91 Å². The van der Waals surface area contributed by atoms with Crippen molar-refractivity contribution in [3.63, 3.8) is 0 Å². The van der Waals surface area contributed by atoms with Gasteiger partial charge in [0.15, 0.2) is 0 Å². The molecule has 10 heteroatoms. The van der Waals surface area contributed by atoms with Gasteiger partial charge >= 0.3 is 5.97 Å². The van der Waals surface area contributed by atoms with Gasteiger partial charge in [-0.3, -0.25) is 4.79 Å². The van der Waals surface area contributed by atoms with Gasteiger partial charge in [0.05, 0.1) is 22.6 Å². The molecule has 0 atom stereocenters. The molecule has 9 nitrogen and oxygen atoms in total.